The van der Waals surface area contributed by atoms with Gasteiger partial charge in [-0.15, -0.1) is 0 Å². The molecule has 2 rings (SSSR count). The van der Waals surface area contributed by atoms with Crippen LogP contribution in [0.1, 0.15) is 30.1 Å². The summed E-state index contributed by atoms with van der Waals surface area (Å²) in [5.74, 6) is 0.842. The Morgan fingerprint density at radius 1 is 1.42 bits per heavy atom. The smallest absolute Gasteiger partial charge is 0.179 e. The highest BCUT2D eigenvalue weighted by molar-refractivity contribution is 5.99. The maximum atomic E-state index is 12.4. The summed E-state index contributed by atoms with van der Waals surface area (Å²) < 4.78 is 5.09. The first kappa shape index (κ1) is 14.0. The molecule has 1 aliphatic rings. The molecule has 4 heteroatoms. The topological polar surface area (TPSA) is 49.8 Å². The van der Waals surface area contributed by atoms with Crippen LogP contribution < -0.4 is 4.74 Å². The van der Waals surface area contributed by atoms with Crippen LogP contribution in [0.5, 0.6) is 5.75 Å². The first-order valence-electron chi connectivity index (χ1n) is 6.72. The van der Waals surface area contributed by atoms with Gasteiger partial charge in [0.1, 0.15) is 5.75 Å². The monoisotopic (exact) mass is 263 g/mol. The van der Waals surface area contributed by atoms with E-state index in [-0.39, 0.29) is 17.9 Å². The van der Waals surface area contributed by atoms with Crippen molar-refractivity contribution < 1.29 is 14.6 Å². The second-order valence-electron chi connectivity index (χ2n) is 5.06. The van der Waals surface area contributed by atoms with Gasteiger partial charge in [-0.25, -0.2) is 0 Å². The van der Waals surface area contributed by atoms with Crippen LogP contribution in [0.4, 0.5) is 0 Å². The quantitative estimate of drug-likeness (QED) is 0.840. The zero-order valence-corrected chi connectivity index (χ0v) is 11.5. The molecule has 1 N–H and O–H groups in total. The molecule has 0 amide bonds. The molecule has 0 aromatic heterocycles. The van der Waals surface area contributed by atoms with E-state index >= 15 is 0 Å². The van der Waals surface area contributed by atoms with E-state index in [1.54, 1.807) is 31.4 Å². The molecule has 2 atom stereocenters. The number of ether oxygens (including phenoxy) is 1. The lowest BCUT2D eigenvalue weighted by Crippen LogP contribution is -2.46. The van der Waals surface area contributed by atoms with Gasteiger partial charge in [-0.2, -0.15) is 0 Å². The minimum absolute atomic E-state index is 0.0942. The molecule has 104 valence electrons. The van der Waals surface area contributed by atoms with Crippen molar-refractivity contribution in [3.05, 3.63) is 29.8 Å². The minimum Gasteiger partial charge on any atom is -0.497 e. The van der Waals surface area contributed by atoms with Crippen molar-refractivity contribution >= 4 is 5.78 Å². The van der Waals surface area contributed by atoms with E-state index in [9.17, 15) is 9.90 Å². The van der Waals surface area contributed by atoms with Crippen LogP contribution in [-0.4, -0.2) is 48.1 Å². The van der Waals surface area contributed by atoms with Crippen LogP contribution in [0.3, 0.4) is 0 Å². The number of Topliss-reactive ketones (excluding diaryl/α,β-unsaturated/α-hetero) is 1. The largest absolute Gasteiger partial charge is 0.497 e. The summed E-state index contributed by atoms with van der Waals surface area (Å²) in [6, 6.07) is 6.98. The molecule has 0 saturated carbocycles. The molecule has 0 bridgehead atoms. The summed E-state index contributed by atoms with van der Waals surface area (Å²) in [6.07, 6.45) is 1.47. The number of likely N-dealkylation sites (tertiary alicyclic amines) is 1. The van der Waals surface area contributed by atoms with Gasteiger partial charge < -0.3 is 9.84 Å². The van der Waals surface area contributed by atoms with Gasteiger partial charge in [-0.1, -0.05) is 0 Å². The van der Waals surface area contributed by atoms with Gasteiger partial charge in [0.25, 0.3) is 0 Å². The molecule has 1 saturated heterocycles. The zero-order chi connectivity index (χ0) is 13.8. The van der Waals surface area contributed by atoms with Gasteiger partial charge in [0.2, 0.25) is 0 Å². The third kappa shape index (κ3) is 3.33. The van der Waals surface area contributed by atoms with Gasteiger partial charge in [-0.3, -0.25) is 9.69 Å². The van der Waals surface area contributed by atoms with Crippen molar-refractivity contribution in [3.8, 4) is 5.75 Å². The van der Waals surface area contributed by atoms with Gasteiger partial charge in [0.05, 0.1) is 19.3 Å². The molecule has 2 unspecified atom stereocenters. The average molecular weight is 263 g/mol. The van der Waals surface area contributed by atoms with Crippen molar-refractivity contribution in [1.29, 1.82) is 0 Å². The predicted octanol–water partition coefficient (Wildman–Crippen LogP) is 1.72. The van der Waals surface area contributed by atoms with E-state index in [1.807, 2.05) is 6.92 Å². The Hall–Kier alpha value is -1.39. The van der Waals surface area contributed by atoms with Gasteiger partial charge in [0.15, 0.2) is 5.78 Å². The number of carbonyl (C=O) groups excluding carboxylic acids is 1. The molecule has 19 heavy (non-hydrogen) atoms. The summed E-state index contributed by atoms with van der Waals surface area (Å²) in [5.41, 5.74) is 0.688. The molecular weight excluding hydrogens is 242 g/mol. The van der Waals surface area contributed by atoms with Crippen molar-refractivity contribution in [3.63, 3.8) is 0 Å². The molecule has 1 aromatic rings. The molecule has 1 heterocycles. The molecule has 1 aromatic carbocycles. The van der Waals surface area contributed by atoms with Crippen LogP contribution in [-0.2, 0) is 0 Å². The summed E-state index contributed by atoms with van der Waals surface area (Å²) in [6.45, 7) is 3.37. The zero-order valence-electron chi connectivity index (χ0n) is 11.5. The van der Waals surface area contributed by atoms with Gasteiger partial charge in [-0.05, 0) is 50.6 Å². The number of rotatable bonds is 4. The number of aliphatic hydroxyl groups is 1. The number of ketones is 1. The lowest BCUT2D eigenvalue weighted by molar-refractivity contribution is 0.0454. The first-order valence-corrected chi connectivity index (χ1v) is 6.72. The highest BCUT2D eigenvalue weighted by Gasteiger charge is 2.26. The number of nitrogens with zero attached hydrogens (tertiary/aromatic N) is 1. The Balaban J connectivity index is 2.05. The number of hydrogen-bond acceptors (Lipinski definition) is 4. The second kappa shape index (κ2) is 6.17. The molecule has 1 fully saturated rings. The Morgan fingerprint density at radius 2 is 2.11 bits per heavy atom. The summed E-state index contributed by atoms with van der Waals surface area (Å²) >= 11 is 0. The summed E-state index contributed by atoms with van der Waals surface area (Å²) in [7, 11) is 1.61. The number of methoxy groups -OCH3 is 1. The lowest BCUT2D eigenvalue weighted by Gasteiger charge is -2.34. The molecule has 0 radical (unpaired) electrons. The summed E-state index contributed by atoms with van der Waals surface area (Å²) in [4.78, 5) is 14.4. The Bertz CT molecular complexity index is 430. The van der Waals surface area contributed by atoms with Crippen LogP contribution in [0.25, 0.3) is 0 Å². The van der Waals surface area contributed by atoms with Gasteiger partial charge in [0, 0.05) is 12.1 Å². The van der Waals surface area contributed by atoms with Crippen LogP contribution in [0.15, 0.2) is 24.3 Å². The lowest BCUT2D eigenvalue weighted by atomic mass is 10.0. The fraction of sp³-hybridized carbons (Fsp3) is 0.533. The average Bonchev–Trinajstić information content (AvgIpc) is 2.46. The molecule has 0 aliphatic carbocycles. The van der Waals surface area contributed by atoms with E-state index in [4.69, 9.17) is 4.74 Å². The minimum atomic E-state index is -0.306. The normalized spacial score (nSPS) is 21.9. The SMILES string of the molecule is COc1ccc(C(=O)C(C)N2CCCC(O)C2)cc1. The van der Waals surface area contributed by atoms with Crippen molar-refractivity contribution in [2.45, 2.75) is 31.9 Å². The van der Waals surface area contributed by atoms with E-state index in [2.05, 4.69) is 4.90 Å². The molecule has 0 spiro atoms. The molecule has 4 nitrogen and oxygen atoms in total. The van der Waals surface area contributed by atoms with Crippen LogP contribution >= 0.6 is 0 Å². The second-order valence-corrected chi connectivity index (χ2v) is 5.06. The van der Waals surface area contributed by atoms with Crippen molar-refractivity contribution in [2.75, 3.05) is 20.2 Å². The standard InChI is InChI=1S/C15H21NO3/c1-11(16-9-3-4-13(17)10-16)15(18)12-5-7-14(19-2)8-6-12/h5-8,11,13,17H,3-4,9-10H2,1-2H3. The highest BCUT2D eigenvalue weighted by Crippen LogP contribution is 2.18. The molecule has 1 aliphatic heterocycles. The fourth-order valence-electron chi connectivity index (χ4n) is 2.50. The number of aliphatic hydroxyl groups excluding tert-OH is 1. The maximum absolute atomic E-state index is 12.4. The fourth-order valence-corrected chi connectivity index (χ4v) is 2.50. The van der Waals surface area contributed by atoms with E-state index in [0.29, 0.717) is 12.1 Å². The number of hydrogen-bond donors (Lipinski definition) is 1. The Kier molecular flexibility index (Phi) is 4.56. The number of benzene rings is 1. The van der Waals surface area contributed by atoms with Crippen molar-refractivity contribution in [1.82, 2.24) is 4.90 Å². The number of piperidine rings is 1. The van der Waals surface area contributed by atoms with Crippen molar-refractivity contribution in [2.24, 2.45) is 0 Å². The van der Waals surface area contributed by atoms with Gasteiger partial charge >= 0.3 is 0 Å². The first-order chi connectivity index (χ1) is 9.11. The summed E-state index contributed by atoms with van der Waals surface area (Å²) in [5, 5.41) is 9.68. The highest BCUT2D eigenvalue weighted by atomic mass is 16.5. The molecular formula is C15H21NO3. The van der Waals surface area contributed by atoms with E-state index in [0.717, 1.165) is 25.1 Å². The third-order valence-corrected chi connectivity index (χ3v) is 3.73. The third-order valence-electron chi connectivity index (χ3n) is 3.73. The number of carbonyl (C=O) groups is 1. The Labute approximate surface area is 114 Å². The number of β-amino-alcohol motifs (C(OH)–C–C–N with tert-alkyl or cyclic N) is 1. The van der Waals surface area contributed by atoms with E-state index in [1.165, 1.54) is 0 Å². The Morgan fingerprint density at radius 3 is 2.68 bits per heavy atom. The van der Waals surface area contributed by atoms with E-state index < -0.39 is 0 Å². The predicted molar refractivity (Wildman–Crippen MR) is 73.6 cm³/mol. The van der Waals surface area contributed by atoms with Crippen LogP contribution in [0.2, 0.25) is 0 Å². The maximum Gasteiger partial charge on any atom is 0.179 e. The van der Waals surface area contributed by atoms with Crippen LogP contribution in [0, 0.1) is 0 Å².